The lowest BCUT2D eigenvalue weighted by molar-refractivity contribution is 0.413. The van der Waals surface area contributed by atoms with Crippen LogP contribution in [-0.4, -0.2) is 22.1 Å². The Bertz CT molecular complexity index is 683. The highest BCUT2D eigenvalue weighted by atomic mass is 32.1. The van der Waals surface area contributed by atoms with Crippen molar-refractivity contribution in [2.24, 2.45) is 0 Å². The normalized spacial score (nSPS) is 10.4. The minimum absolute atomic E-state index is 0.709. The van der Waals surface area contributed by atoms with Gasteiger partial charge in [0.15, 0.2) is 0 Å². The molecule has 3 aromatic rings. The molecule has 0 unspecified atom stereocenters. The molecule has 0 saturated heterocycles. The number of methoxy groups -OCH3 is 1. The minimum atomic E-state index is 0.709. The summed E-state index contributed by atoms with van der Waals surface area (Å²) in [6.07, 6.45) is 6.92. The third kappa shape index (κ3) is 2.46. The first-order valence-electron chi connectivity index (χ1n) is 5.72. The SMILES string of the molecule is COc1cncc(-c2cncc(-c3cccs3)n2)c1. The molecule has 0 fully saturated rings. The smallest absolute Gasteiger partial charge is 0.137 e. The molecule has 4 nitrogen and oxygen atoms in total. The maximum Gasteiger partial charge on any atom is 0.137 e. The number of pyridine rings is 1. The molecule has 0 aliphatic heterocycles. The van der Waals surface area contributed by atoms with E-state index >= 15 is 0 Å². The van der Waals surface area contributed by atoms with Crippen LogP contribution in [0.4, 0.5) is 0 Å². The summed E-state index contributed by atoms with van der Waals surface area (Å²) in [7, 11) is 1.62. The van der Waals surface area contributed by atoms with E-state index in [9.17, 15) is 0 Å². The summed E-state index contributed by atoms with van der Waals surface area (Å²) in [4.78, 5) is 14.1. The monoisotopic (exact) mass is 269 g/mol. The highest BCUT2D eigenvalue weighted by Gasteiger charge is 2.06. The fraction of sp³-hybridized carbons (Fsp3) is 0.0714. The van der Waals surface area contributed by atoms with E-state index in [2.05, 4.69) is 15.0 Å². The van der Waals surface area contributed by atoms with Crippen molar-refractivity contribution in [1.29, 1.82) is 0 Å². The second-order valence-electron chi connectivity index (χ2n) is 3.88. The Hall–Kier alpha value is -2.27. The number of nitrogens with zero attached hydrogens (tertiary/aromatic N) is 3. The van der Waals surface area contributed by atoms with Crippen LogP contribution in [0, 0.1) is 0 Å². The number of rotatable bonds is 3. The molecular weight excluding hydrogens is 258 g/mol. The molecule has 0 bridgehead atoms. The fourth-order valence-corrected chi connectivity index (χ4v) is 2.40. The lowest BCUT2D eigenvalue weighted by Crippen LogP contribution is -1.91. The van der Waals surface area contributed by atoms with Gasteiger partial charge in [-0.1, -0.05) is 6.07 Å². The molecular formula is C14H11N3OS. The molecule has 0 N–H and O–H groups in total. The van der Waals surface area contributed by atoms with E-state index in [0.29, 0.717) is 5.75 Å². The second-order valence-corrected chi connectivity index (χ2v) is 4.83. The standard InChI is InChI=1S/C14H11N3OS/c1-18-11-5-10(6-15-7-11)12-8-16-9-13(17-12)14-3-2-4-19-14/h2-9H,1H3. The third-order valence-electron chi connectivity index (χ3n) is 2.65. The van der Waals surface area contributed by atoms with Crippen molar-refractivity contribution in [3.05, 3.63) is 48.4 Å². The van der Waals surface area contributed by atoms with E-state index in [1.807, 2.05) is 23.6 Å². The zero-order valence-corrected chi connectivity index (χ0v) is 11.1. The van der Waals surface area contributed by atoms with Crippen LogP contribution in [0.5, 0.6) is 5.75 Å². The Morgan fingerprint density at radius 1 is 1.05 bits per heavy atom. The average Bonchev–Trinajstić information content (AvgIpc) is 3.02. The molecule has 3 aromatic heterocycles. The first-order valence-corrected chi connectivity index (χ1v) is 6.60. The van der Waals surface area contributed by atoms with Crippen LogP contribution in [0.2, 0.25) is 0 Å². The second kappa shape index (κ2) is 5.16. The van der Waals surface area contributed by atoms with E-state index in [1.165, 1.54) is 0 Å². The average molecular weight is 269 g/mol. The zero-order chi connectivity index (χ0) is 13.1. The van der Waals surface area contributed by atoms with Crippen molar-refractivity contribution in [2.45, 2.75) is 0 Å². The molecule has 0 aliphatic rings. The highest BCUT2D eigenvalue weighted by Crippen LogP contribution is 2.25. The third-order valence-corrected chi connectivity index (χ3v) is 3.55. The molecule has 94 valence electrons. The van der Waals surface area contributed by atoms with Gasteiger partial charge in [-0.25, -0.2) is 4.98 Å². The zero-order valence-electron chi connectivity index (χ0n) is 10.3. The van der Waals surface area contributed by atoms with Crippen molar-refractivity contribution in [1.82, 2.24) is 15.0 Å². The van der Waals surface area contributed by atoms with E-state index in [1.54, 1.807) is 43.2 Å². The summed E-state index contributed by atoms with van der Waals surface area (Å²) < 4.78 is 5.17. The van der Waals surface area contributed by atoms with E-state index in [-0.39, 0.29) is 0 Å². The predicted molar refractivity (Wildman–Crippen MR) is 75.1 cm³/mol. The number of thiophene rings is 1. The molecule has 0 spiro atoms. The summed E-state index contributed by atoms with van der Waals surface area (Å²) in [6.45, 7) is 0. The topological polar surface area (TPSA) is 47.9 Å². The van der Waals surface area contributed by atoms with Crippen molar-refractivity contribution in [3.63, 3.8) is 0 Å². The van der Waals surface area contributed by atoms with Gasteiger partial charge >= 0.3 is 0 Å². The van der Waals surface area contributed by atoms with Crippen molar-refractivity contribution in [3.8, 4) is 27.6 Å². The first-order chi connectivity index (χ1) is 9.36. The maximum atomic E-state index is 5.17. The first kappa shape index (κ1) is 11.8. The van der Waals surface area contributed by atoms with Gasteiger partial charge in [-0.3, -0.25) is 9.97 Å². The Morgan fingerprint density at radius 2 is 1.89 bits per heavy atom. The number of ether oxygens (including phenoxy) is 1. The Morgan fingerprint density at radius 3 is 2.68 bits per heavy atom. The van der Waals surface area contributed by atoms with Gasteiger partial charge in [-0.2, -0.15) is 0 Å². The van der Waals surface area contributed by atoms with Crippen molar-refractivity contribution >= 4 is 11.3 Å². The van der Waals surface area contributed by atoms with Gasteiger partial charge in [0, 0.05) is 11.8 Å². The maximum absolute atomic E-state index is 5.17. The molecule has 3 rings (SSSR count). The molecule has 0 radical (unpaired) electrons. The van der Waals surface area contributed by atoms with Crippen LogP contribution in [0.25, 0.3) is 21.8 Å². The van der Waals surface area contributed by atoms with Crippen LogP contribution in [0.3, 0.4) is 0 Å². The molecule has 0 amide bonds. The molecule has 0 atom stereocenters. The van der Waals surface area contributed by atoms with Crippen LogP contribution >= 0.6 is 11.3 Å². The van der Waals surface area contributed by atoms with Gasteiger partial charge in [-0.05, 0) is 17.5 Å². The highest BCUT2D eigenvalue weighted by molar-refractivity contribution is 7.13. The van der Waals surface area contributed by atoms with Crippen molar-refractivity contribution in [2.75, 3.05) is 7.11 Å². The van der Waals surface area contributed by atoms with Crippen molar-refractivity contribution < 1.29 is 4.74 Å². The van der Waals surface area contributed by atoms with Crippen LogP contribution < -0.4 is 4.74 Å². The number of hydrogen-bond acceptors (Lipinski definition) is 5. The molecule has 0 saturated carbocycles. The van der Waals surface area contributed by atoms with E-state index in [0.717, 1.165) is 21.8 Å². The summed E-state index contributed by atoms with van der Waals surface area (Å²) in [5.41, 5.74) is 2.55. The van der Waals surface area contributed by atoms with Gasteiger partial charge in [0.25, 0.3) is 0 Å². The molecule has 0 aromatic carbocycles. The molecule has 5 heteroatoms. The van der Waals surface area contributed by atoms with Gasteiger partial charge < -0.3 is 4.74 Å². The summed E-state index contributed by atoms with van der Waals surface area (Å²) in [5, 5.41) is 2.02. The van der Waals surface area contributed by atoms with Gasteiger partial charge in [-0.15, -0.1) is 11.3 Å². The Kier molecular flexibility index (Phi) is 3.20. The van der Waals surface area contributed by atoms with Crippen LogP contribution in [-0.2, 0) is 0 Å². The largest absolute Gasteiger partial charge is 0.495 e. The summed E-state index contributed by atoms with van der Waals surface area (Å²) >= 11 is 1.64. The molecule has 3 heterocycles. The van der Waals surface area contributed by atoms with E-state index < -0.39 is 0 Å². The fourth-order valence-electron chi connectivity index (χ4n) is 1.72. The van der Waals surface area contributed by atoms with E-state index in [4.69, 9.17) is 4.74 Å². The lowest BCUT2D eigenvalue weighted by Gasteiger charge is -2.04. The number of aromatic nitrogens is 3. The van der Waals surface area contributed by atoms with Crippen LogP contribution in [0.15, 0.2) is 48.4 Å². The molecule has 19 heavy (non-hydrogen) atoms. The summed E-state index contributed by atoms with van der Waals surface area (Å²) in [5.74, 6) is 0.709. The summed E-state index contributed by atoms with van der Waals surface area (Å²) in [6, 6.07) is 5.93. The lowest BCUT2D eigenvalue weighted by atomic mass is 10.2. The van der Waals surface area contributed by atoms with Gasteiger partial charge in [0.2, 0.25) is 0 Å². The predicted octanol–water partition coefficient (Wildman–Crippen LogP) is 3.28. The minimum Gasteiger partial charge on any atom is -0.495 e. The number of hydrogen-bond donors (Lipinski definition) is 0. The van der Waals surface area contributed by atoms with Gasteiger partial charge in [0.05, 0.1) is 42.0 Å². The van der Waals surface area contributed by atoms with Crippen LogP contribution in [0.1, 0.15) is 0 Å². The Labute approximate surface area is 114 Å². The molecule has 0 aliphatic carbocycles. The Balaban J connectivity index is 2.03. The van der Waals surface area contributed by atoms with Gasteiger partial charge in [0.1, 0.15) is 5.75 Å². The quantitative estimate of drug-likeness (QED) is 0.732.